The van der Waals surface area contributed by atoms with Crippen molar-refractivity contribution in [3.63, 3.8) is 0 Å². The molecule has 2 N–H and O–H groups in total. The largest absolute Gasteiger partial charge is 0.489 e. The minimum atomic E-state index is 0.333. The summed E-state index contributed by atoms with van der Waals surface area (Å²) in [6.45, 7) is 4.80. The minimum absolute atomic E-state index is 0.333. The van der Waals surface area contributed by atoms with Crippen LogP contribution in [-0.4, -0.2) is 25.2 Å². The zero-order chi connectivity index (χ0) is 18.2. The Morgan fingerprint density at radius 2 is 1.96 bits per heavy atom. The standard InChI is InChI=1S/C19H22ClN3O2/c1-4-22-19(21)18(23-24-3)16-8-6-5-7-14(16)12-25-17-10-9-15(20)11-13(17)2/h5-11H,4,12H2,1-3H3,(H2,21,22). The second kappa shape index (κ2) is 9.08. The predicted molar refractivity (Wildman–Crippen MR) is 103 cm³/mol. The highest BCUT2D eigenvalue weighted by Crippen LogP contribution is 2.23. The van der Waals surface area contributed by atoms with Crippen molar-refractivity contribution < 1.29 is 9.57 Å². The molecule has 6 heteroatoms. The molecule has 0 aliphatic heterocycles. The number of nitrogens with zero attached hydrogens (tertiary/aromatic N) is 2. The van der Waals surface area contributed by atoms with Crippen molar-refractivity contribution in [2.45, 2.75) is 20.5 Å². The van der Waals surface area contributed by atoms with Crippen molar-refractivity contribution in [1.29, 1.82) is 0 Å². The minimum Gasteiger partial charge on any atom is -0.489 e. The second-order valence-electron chi connectivity index (χ2n) is 5.34. The average molecular weight is 360 g/mol. The lowest BCUT2D eigenvalue weighted by molar-refractivity contribution is 0.214. The van der Waals surface area contributed by atoms with Gasteiger partial charge in [-0.15, -0.1) is 0 Å². The van der Waals surface area contributed by atoms with Crippen LogP contribution in [0.2, 0.25) is 5.02 Å². The SMILES string of the molecule is CCN=C(N)C(=NOC)c1ccccc1COc1ccc(Cl)cc1C. The van der Waals surface area contributed by atoms with Crippen LogP contribution in [0.4, 0.5) is 0 Å². The Hall–Kier alpha value is -2.53. The van der Waals surface area contributed by atoms with Crippen molar-refractivity contribution in [3.05, 3.63) is 64.2 Å². The van der Waals surface area contributed by atoms with Gasteiger partial charge in [0.15, 0.2) is 5.71 Å². The molecule has 0 aromatic heterocycles. The smallest absolute Gasteiger partial charge is 0.152 e. The highest BCUT2D eigenvalue weighted by atomic mass is 35.5. The number of amidine groups is 1. The van der Waals surface area contributed by atoms with Crippen LogP contribution in [0.3, 0.4) is 0 Å². The first-order valence-corrected chi connectivity index (χ1v) is 8.33. The zero-order valence-corrected chi connectivity index (χ0v) is 15.4. The monoisotopic (exact) mass is 359 g/mol. The molecule has 5 nitrogen and oxygen atoms in total. The van der Waals surface area contributed by atoms with Crippen molar-refractivity contribution in [1.82, 2.24) is 0 Å². The Bertz CT molecular complexity index is 788. The number of halogens is 1. The fourth-order valence-electron chi connectivity index (χ4n) is 2.38. The molecule has 0 aliphatic rings. The van der Waals surface area contributed by atoms with E-state index >= 15 is 0 Å². The first-order valence-electron chi connectivity index (χ1n) is 7.95. The highest BCUT2D eigenvalue weighted by molar-refractivity contribution is 6.47. The van der Waals surface area contributed by atoms with Crippen LogP contribution in [0, 0.1) is 6.92 Å². The Kier molecular flexibility index (Phi) is 6.83. The summed E-state index contributed by atoms with van der Waals surface area (Å²) in [5.41, 5.74) is 9.28. The maximum atomic E-state index is 6.05. The molecule has 0 atom stereocenters. The maximum Gasteiger partial charge on any atom is 0.152 e. The molecule has 0 heterocycles. The highest BCUT2D eigenvalue weighted by Gasteiger charge is 2.14. The Balaban J connectivity index is 2.30. The van der Waals surface area contributed by atoms with Crippen LogP contribution in [-0.2, 0) is 11.4 Å². The fourth-order valence-corrected chi connectivity index (χ4v) is 2.60. The third kappa shape index (κ3) is 4.97. The number of aliphatic imine (C=N–C) groups is 1. The van der Waals surface area contributed by atoms with Crippen LogP contribution in [0.1, 0.15) is 23.6 Å². The van der Waals surface area contributed by atoms with E-state index in [1.54, 1.807) is 6.07 Å². The summed E-state index contributed by atoms with van der Waals surface area (Å²) in [5.74, 6) is 1.11. The molecule has 0 saturated carbocycles. The molecule has 0 bridgehead atoms. The summed E-state index contributed by atoms with van der Waals surface area (Å²) in [6, 6.07) is 13.3. The van der Waals surface area contributed by atoms with Crippen LogP contribution in [0.15, 0.2) is 52.6 Å². The lowest BCUT2D eigenvalue weighted by Gasteiger charge is -2.14. The molecule has 2 aromatic rings. The molecule has 0 saturated heterocycles. The molecule has 0 amide bonds. The van der Waals surface area contributed by atoms with E-state index in [0.29, 0.717) is 29.7 Å². The number of benzene rings is 2. The van der Waals surface area contributed by atoms with Gasteiger partial charge in [-0.05, 0) is 43.2 Å². The molecule has 0 unspecified atom stereocenters. The van der Waals surface area contributed by atoms with Gasteiger partial charge in [0.25, 0.3) is 0 Å². The van der Waals surface area contributed by atoms with Gasteiger partial charge in [0.1, 0.15) is 25.3 Å². The van der Waals surface area contributed by atoms with Gasteiger partial charge in [0.05, 0.1) is 0 Å². The van der Waals surface area contributed by atoms with E-state index in [2.05, 4.69) is 10.1 Å². The topological polar surface area (TPSA) is 69.2 Å². The quantitative estimate of drug-likeness (QED) is 0.462. The lowest BCUT2D eigenvalue weighted by Crippen LogP contribution is -2.27. The third-order valence-electron chi connectivity index (χ3n) is 3.55. The van der Waals surface area contributed by atoms with Crippen LogP contribution < -0.4 is 10.5 Å². The first-order chi connectivity index (χ1) is 12.1. The summed E-state index contributed by atoms with van der Waals surface area (Å²) in [5, 5.41) is 4.73. The van der Waals surface area contributed by atoms with Gasteiger partial charge >= 0.3 is 0 Å². The summed E-state index contributed by atoms with van der Waals surface area (Å²) < 4.78 is 5.95. The van der Waals surface area contributed by atoms with E-state index in [1.807, 2.05) is 50.2 Å². The van der Waals surface area contributed by atoms with Gasteiger partial charge in [0.2, 0.25) is 0 Å². The summed E-state index contributed by atoms with van der Waals surface area (Å²) >= 11 is 5.99. The van der Waals surface area contributed by atoms with Crippen molar-refractivity contribution in [2.24, 2.45) is 15.9 Å². The van der Waals surface area contributed by atoms with Crippen molar-refractivity contribution in [2.75, 3.05) is 13.7 Å². The van der Waals surface area contributed by atoms with Crippen LogP contribution in [0.25, 0.3) is 0 Å². The molecule has 0 spiro atoms. The van der Waals surface area contributed by atoms with E-state index < -0.39 is 0 Å². The number of hydrogen-bond donors (Lipinski definition) is 1. The molecule has 25 heavy (non-hydrogen) atoms. The maximum absolute atomic E-state index is 6.05. The van der Waals surface area contributed by atoms with Crippen molar-refractivity contribution in [3.8, 4) is 5.75 Å². The van der Waals surface area contributed by atoms with Crippen LogP contribution in [0.5, 0.6) is 5.75 Å². The first kappa shape index (κ1) is 18.8. The molecular weight excluding hydrogens is 338 g/mol. The number of rotatable bonds is 7. The molecule has 2 aromatic carbocycles. The Morgan fingerprint density at radius 3 is 2.64 bits per heavy atom. The average Bonchev–Trinajstić information content (AvgIpc) is 2.59. The van der Waals surface area contributed by atoms with Gasteiger partial charge in [0, 0.05) is 17.1 Å². The number of hydrogen-bond acceptors (Lipinski definition) is 4. The molecule has 2 rings (SSSR count). The second-order valence-corrected chi connectivity index (χ2v) is 5.77. The van der Waals surface area contributed by atoms with Crippen LogP contribution >= 0.6 is 11.6 Å². The fraction of sp³-hybridized carbons (Fsp3) is 0.263. The van der Waals surface area contributed by atoms with E-state index in [4.69, 9.17) is 26.9 Å². The third-order valence-corrected chi connectivity index (χ3v) is 3.78. The van der Waals surface area contributed by atoms with Gasteiger partial charge < -0.3 is 15.3 Å². The van der Waals surface area contributed by atoms with Gasteiger partial charge in [-0.2, -0.15) is 0 Å². The van der Waals surface area contributed by atoms with E-state index in [9.17, 15) is 0 Å². The van der Waals surface area contributed by atoms with Gasteiger partial charge in [-0.25, -0.2) is 0 Å². The predicted octanol–water partition coefficient (Wildman–Crippen LogP) is 3.96. The van der Waals surface area contributed by atoms with E-state index in [1.165, 1.54) is 7.11 Å². The van der Waals surface area contributed by atoms with Gasteiger partial charge in [-0.1, -0.05) is 41.0 Å². The molecule has 132 valence electrons. The molecule has 0 radical (unpaired) electrons. The zero-order valence-electron chi connectivity index (χ0n) is 14.6. The summed E-state index contributed by atoms with van der Waals surface area (Å²) in [6.07, 6.45) is 0. The molecule has 0 aliphatic carbocycles. The molecule has 0 fully saturated rings. The molecular formula is C19H22ClN3O2. The lowest BCUT2D eigenvalue weighted by atomic mass is 10.0. The number of ether oxygens (including phenoxy) is 1. The summed E-state index contributed by atoms with van der Waals surface area (Å²) in [7, 11) is 1.48. The van der Waals surface area contributed by atoms with E-state index in [-0.39, 0.29) is 0 Å². The number of aryl methyl sites for hydroxylation is 1. The number of oxime groups is 1. The normalized spacial score (nSPS) is 12.2. The van der Waals surface area contributed by atoms with E-state index in [0.717, 1.165) is 22.4 Å². The Labute approximate surface area is 153 Å². The number of nitrogens with two attached hydrogens (primary N) is 1. The van der Waals surface area contributed by atoms with Gasteiger partial charge in [-0.3, -0.25) is 4.99 Å². The summed E-state index contributed by atoms with van der Waals surface area (Å²) in [4.78, 5) is 9.18. The Morgan fingerprint density at radius 1 is 1.20 bits per heavy atom. The van der Waals surface area contributed by atoms with Crippen molar-refractivity contribution >= 4 is 23.1 Å².